The summed E-state index contributed by atoms with van der Waals surface area (Å²) in [5.74, 6) is -1.78. The van der Waals surface area contributed by atoms with Crippen molar-refractivity contribution in [2.75, 3.05) is 6.54 Å². The maximum Gasteiger partial charge on any atom is 0.326 e. The molecule has 1 aromatic rings. The number of carboxylic acids is 1. The van der Waals surface area contributed by atoms with E-state index in [4.69, 9.17) is 16.2 Å². The molecule has 2 aliphatic carbocycles. The topological polar surface area (TPSA) is 215 Å². The van der Waals surface area contributed by atoms with Gasteiger partial charge >= 0.3 is 18.0 Å². The average Bonchev–Trinajstić information content (AvgIpc) is 3.65. The molecule has 0 spiro atoms. The summed E-state index contributed by atoms with van der Waals surface area (Å²) >= 11 is 0. The first-order valence-electron chi connectivity index (χ1n) is 16.5. The van der Waals surface area contributed by atoms with E-state index < -0.39 is 48.0 Å². The van der Waals surface area contributed by atoms with Crippen molar-refractivity contribution in [2.24, 2.45) is 29.2 Å². The Labute approximate surface area is 271 Å². The van der Waals surface area contributed by atoms with E-state index in [2.05, 4.69) is 21.3 Å². The van der Waals surface area contributed by atoms with Crippen molar-refractivity contribution in [3.05, 3.63) is 35.9 Å². The molecular formula is C33H52N6O7. The number of fused-ring (bicyclic) bond motifs is 2. The Kier molecular flexibility index (Phi) is 14.7. The molecule has 0 aliphatic heterocycles. The van der Waals surface area contributed by atoms with Crippen LogP contribution < -0.4 is 32.7 Å². The fourth-order valence-electron chi connectivity index (χ4n) is 6.36. The van der Waals surface area contributed by atoms with Crippen molar-refractivity contribution in [3.63, 3.8) is 0 Å². The van der Waals surface area contributed by atoms with E-state index in [9.17, 15) is 29.1 Å². The van der Waals surface area contributed by atoms with E-state index in [1.807, 2.05) is 44.2 Å². The molecule has 0 heterocycles. The van der Waals surface area contributed by atoms with Crippen LogP contribution in [0.15, 0.2) is 30.3 Å². The van der Waals surface area contributed by atoms with Gasteiger partial charge in [-0.15, -0.1) is 0 Å². The van der Waals surface area contributed by atoms with Gasteiger partial charge in [0.2, 0.25) is 11.8 Å². The van der Waals surface area contributed by atoms with Crippen molar-refractivity contribution >= 4 is 29.8 Å². The van der Waals surface area contributed by atoms with Gasteiger partial charge in [0, 0.05) is 6.04 Å². The molecule has 2 bridgehead atoms. The highest BCUT2D eigenvalue weighted by atomic mass is 16.5. The third-order valence-corrected chi connectivity index (χ3v) is 9.02. The van der Waals surface area contributed by atoms with Crippen LogP contribution in [0, 0.1) is 17.8 Å². The zero-order valence-corrected chi connectivity index (χ0v) is 27.0. The Balaban J connectivity index is 1.61. The number of esters is 1. The van der Waals surface area contributed by atoms with Crippen molar-refractivity contribution in [1.29, 1.82) is 0 Å². The average molecular weight is 645 g/mol. The molecule has 7 atom stereocenters. The zero-order chi connectivity index (χ0) is 33.6. The number of carbonyl (C=O) groups excluding carboxylic acids is 4. The molecule has 2 saturated carbocycles. The summed E-state index contributed by atoms with van der Waals surface area (Å²) in [6.07, 6.45) is 6.18. The quantitative estimate of drug-likeness (QED) is 0.0864. The minimum absolute atomic E-state index is 0.0804. The SMILES string of the molecule is CC(C)[C@H](NC(=O)C(CCC[C@@H](N)C(=O)OCc1ccccc1)NC(=O)N[C@@H](CCCCN)C(=O)O)C(=O)NC1C[C@H]2CC[C@H]1C2. The molecule has 0 aromatic heterocycles. The van der Waals surface area contributed by atoms with Gasteiger partial charge in [0.1, 0.15) is 30.8 Å². The predicted octanol–water partition coefficient (Wildman–Crippen LogP) is 1.92. The molecule has 0 saturated heterocycles. The van der Waals surface area contributed by atoms with Crippen molar-refractivity contribution < 1.29 is 33.8 Å². The normalized spacial score (nSPS) is 21.1. The summed E-state index contributed by atoms with van der Waals surface area (Å²) in [5, 5.41) is 20.5. The van der Waals surface area contributed by atoms with E-state index in [1.165, 1.54) is 6.42 Å². The number of aliphatic carboxylic acids is 1. The number of hydrogen-bond acceptors (Lipinski definition) is 8. The van der Waals surface area contributed by atoms with Crippen LogP contribution in [0.5, 0.6) is 0 Å². The lowest BCUT2D eigenvalue weighted by atomic mass is 9.94. The number of carbonyl (C=O) groups is 5. The third-order valence-electron chi connectivity index (χ3n) is 9.02. The Bertz CT molecular complexity index is 1170. The molecule has 1 aromatic carbocycles. The molecule has 9 N–H and O–H groups in total. The third kappa shape index (κ3) is 11.6. The predicted molar refractivity (Wildman–Crippen MR) is 172 cm³/mol. The van der Waals surface area contributed by atoms with Gasteiger partial charge in [-0.05, 0) is 87.6 Å². The van der Waals surface area contributed by atoms with Crippen LogP contribution >= 0.6 is 0 Å². The van der Waals surface area contributed by atoms with Gasteiger partial charge in [0.25, 0.3) is 0 Å². The summed E-state index contributed by atoms with van der Waals surface area (Å²) < 4.78 is 5.31. The van der Waals surface area contributed by atoms with Crippen molar-refractivity contribution in [2.45, 2.75) is 115 Å². The maximum atomic E-state index is 13.6. The minimum Gasteiger partial charge on any atom is -0.480 e. The van der Waals surface area contributed by atoms with Crippen LogP contribution in [0.1, 0.15) is 83.6 Å². The summed E-state index contributed by atoms with van der Waals surface area (Å²) in [6.45, 7) is 4.14. The minimum atomic E-state index is -1.20. The zero-order valence-electron chi connectivity index (χ0n) is 27.0. The van der Waals surface area contributed by atoms with Gasteiger partial charge in [-0.2, -0.15) is 0 Å². The second-order valence-corrected chi connectivity index (χ2v) is 13.0. The lowest BCUT2D eigenvalue weighted by Gasteiger charge is -2.29. The Morgan fingerprint density at radius 2 is 1.59 bits per heavy atom. The molecule has 46 heavy (non-hydrogen) atoms. The molecular weight excluding hydrogens is 592 g/mol. The van der Waals surface area contributed by atoms with Gasteiger partial charge in [0.15, 0.2) is 0 Å². The monoisotopic (exact) mass is 644 g/mol. The molecule has 2 unspecified atom stereocenters. The van der Waals surface area contributed by atoms with Crippen LogP contribution in [0.25, 0.3) is 0 Å². The van der Waals surface area contributed by atoms with Gasteiger partial charge in [-0.3, -0.25) is 14.4 Å². The first-order valence-corrected chi connectivity index (χ1v) is 16.5. The largest absolute Gasteiger partial charge is 0.480 e. The standard InChI is InChI=1S/C33H52N6O7/c1-20(2)28(30(41)36-27-18-22-14-15-23(27)17-22)39-29(40)25(37-33(45)38-26(31(42)43)12-6-7-16-34)13-8-11-24(35)32(44)46-19-21-9-4-3-5-10-21/h3-5,9-10,20,22-28H,6-8,11-19,34-35H2,1-2H3,(H,36,41)(H,39,40)(H,42,43)(H2,37,38,45)/t22-,23-,24+,25?,26-,27?,28-/m0/s1. The number of nitrogens with one attached hydrogen (secondary N) is 4. The van der Waals surface area contributed by atoms with Crippen LogP contribution in [-0.4, -0.2) is 71.6 Å². The Hall–Kier alpha value is -3.71. The van der Waals surface area contributed by atoms with E-state index in [-0.39, 0.29) is 50.2 Å². The van der Waals surface area contributed by atoms with Crippen LogP contribution in [0.4, 0.5) is 4.79 Å². The van der Waals surface area contributed by atoms with Crippen molar-refractivity contribution in [3.8, 4) is 0 Å². The second kappa shape index (κ2) is 18.4. The van der Waals surface area contributed by atoms with Gasteiger partial charge < -0.3 is 42.6 Å². The first kappa shape index (κ1) is 36.8. The lowest BCUT2D eigenvalue weighted by molar-refractivity contribution is -0.146. The molecule has 13 nitrogen and oxygen atoms in total. The Morgan fingerprint density at radius 3 is 2.20 bits per heavy atom. The summed E-state index contributed by atoms with van der Waals surface area (Å²) in [5.41, 5.74) is 12.4. The first-order chi connectivity index (χ1) is 22.0. The molecule has 256 valence electrons. The lowest BCUT2D eigenvalue weighted by Crippen LogP contribution is -2.58. The van der Waals surface area contributed by atoms with Crippen LogP contribution in [0.3, 0.4) is 0 Å². The van der Waals surface area contributed by atoms with Gasteiger partial charge in [0.05, 0.1) is 0 Å². The van der Waals surface area contributed by atoms with E-state index >= 15 is 0 Å². The number of unbranched alkanes of at least 4 members (excludes halogenated alkanes) is 1. The summed E-state index contributed by atoms with van der Waals surface area (Å²) in [4.78, 5) is 64.0. The number of urea groups is 1. The highest BCUT2D eigenvalue weighted by Gasteiger charge is 2.41. The summed E-state index contributed by atoms with van der Waals surface area (Å²) in [6, 6.07) is 4.37. The number of amides is 4. The van der Waals surface area contributed by atoms with E-state index in [0.717, 1.165) is 24.8 Å². The molecule has 2 aliphatic rings. The highest BCUT2D eigenvalue weighted by molar-refractivity contribution is 5.92. The smallest absolute Gasteiger partial charge is 0.326 e. The fraction of sp³-hybridized carbons (Fsp3) is 0.667. The van der Waals surface area contributed by atoms with Gasteiger partial charge in [-0.1, -0.05) is 50.6 Å². The fourth-order valence-corrected chi connectivity index (χ4v) is 6.36. The second-order valence-electron chi connectivity index (χ2n) is 13.0. The molecule has 4 amide bonds. The number of benzene rings is 1. The molecule has 0 radical (unpaired) electrons. The maximum absolute atomic E-state index is 13.6. The van der Waals surface area contributed by atoms with Crippen LogP contribution in [-0.2, 0) is 30.5 Å². The Morgan fingerprint density at radius 1 is 0.891 bits per heavy atom. The molecule has 2 fully saturated rings. The van der Waals surface area contributed by atoms with Gasteiger partial charge in [-0.25, -0.2) is 9.59 Å². The summed E-state index contributed by atoms with van der Waals surface area (Å²) in [7, 11) is 0. The van der Waals surface area contributed by atoms with Crippen molar-refractivity contribution in [1.82, 2.24) is 21.3 Å². The molecule has 3 rings (SSSR count). The van der Waals surface area contributed by atoms with E-state index in [1.54, 1.807) is 0 Å². The number of rotatable bonds is 19. The highest BCUT2D eigenvalue weighted by Crippen LogP contribution is 2.44. The van der Waals surface area contributed by atoms with Crippen LogP contribution in [0.2, 0.25) is 0 Å². The number of ether oxygens (including phenoxy) is 1. The molecule has 13 heteroatoms. The number of carboxylic acid groups (broad SMARTS) is 1. The van der Waals surface area contributed by atoms with E-state index in [0.29, 0.717) is 31.2 Å². The number of hydrogen-bond donors (Lipinski definition) is 7. The number of nitrogens with two attached hydrogens (primary N) is 2.